The zero-order valence-corrected chi connectivity index (χ0v) is 11.3. The second-order valence-electron chi connectivity index (χ2n) is 4.18. The molecule has 0 aromatic heterocycles. The lowest BCUT2D eigenvalue weighted by molar-refractivity contribution is -0.110. The number of nitrogens with zero attached hydrogens (tertiary/aromatic N) is 1. The van der Waals surface area contributed by atoms with E-state index < -0.39 is 0 Å². The molecular weight excluding hydrogens is 266 g/mol. The van der Waals surface area contributed by atoms with E-state index in [0.717, 1.165) is 0 Å². The number of hydrogen-bond acceptors (Lipinski definition) is 4. The fraction of sp³-hybridized carbons (Fsp3) is 0. The Morgan fingerprint density at radius 2 is 1.95 bits per heavy atom. The summed E-state index contributed by atoms with van der Waals surface area (Å²) >= 11 is 0. The minimum Gasteiger partial charge on any atom is -0.506 e. The van der Waals surface area contributed by atoms with Crippen molar-refractivity contribution in [1.29, 1.82) is 0 Å². The van der Waals surface area contributed by atoms with E-state index in [9.17, 15) is 9.90 Å². The number of aliphatic hydroxyl groups is 1. The Kier molecular flexibility index (Phi) is 4.36. The van der Waals surface area contributed by atoms with Crippen LogP contribution in [-0.4, -0.2) is 16.7 Å². The number of hydrazone groups is 1. The highest BCUT2D eigenvalue weighted by Gasteiger charge is 2.25. The summed E-state index contributed by atoms with van der Waals surface area (Å²) in [4.78, 5) is 11.9. The van der Waals surface area contributed by atoms with Gasteiger partial charge in [-0.3, -0.25) is 10.2 Å². The van der Waals surface area contributed by atoms with E-state index in [1.807, 2.05) is 12.1 Å². The van der Waals surface area contributed by atoms with Gasteiger partial charge >= 0.3 is 0 Å². The van der Waals surface area contributed by atoms with Crippen molar-refractivity contribution in [2.45, 2.75) is 0 Å². The summed E-state index contributed by atoms with van der Waals surface area (Å²) in [6, 6.07) is 7.25. The molecule has 0 spiro atoms. The Bertz CT molecular complexity index is 685. The average Bonchev–Trinajstić information content (AvgIpc) is 2.79. The van der Waals surface area contributed by atoms with Crippen LogP contribution >= 0.6 is 0 Å². The maximum Gasteiger partial charge on any atom is 0.276 e. The number of anilines is 1. The summed E-state index contributed by atoms with van der Waals surface area (Å²) in [5.74, 6) is -0.352. The Morgan fingerprint density at radius 1 is 1.24 bits per heavy atom. The topological polar surface area (TPSA) is 73.7 Å². The van der Waals surface area contributed by atoms with Gasteiger partial charge in [0.1, 0.15) is 5.76 Å². The number of benzene rings is 1. The van der Waals surface area contributed by atoms with Gasteiger partial charge in [-0.2, -0.15) is 5.10 Å². The van der Waals surface area contributed by atoms with Crippen LogP contribution in [-0.2, 0) is 4.79 Å². The van der Waals surface area contributed by atoms with E-state index in [0.29, 0.717) is 16.9 Å². The lowest BCUT2D eigenvalue weighted by atomic mass is 10.1. The number of carbonyl (C=O) groups is 1. The highest BCUT2D eigenvalue weighted by atomic mass is 16.3. The Labute approximate surface area is 122 Å². The number of fused-ring (bicyclic) bond motifs is 1. The molecule has 1 heterocycles. The summed E-state index contributed by atoms with van der Waals surface area (Å²) in [6.07, 6.45) is 5.89. The molecule has 0 radical (unpaired) electrons. The standard InChI is InChI=1S/C16H15N3O2/c1-3-7-13(14(20)8-4-2)18-19-15-11-9-5-6-10-12(11)17-16(15)21/h3-10,18,20H,1-2H2,(H,17,19,21)/b13-7+,14-8+. The zero-order chi connectivity index (χ0) is 15.2. The molecular formula is C16H15N3O2. The van der Waals surface area contributed by atoms with Gasteiger partial charge in [-0.1, -0.05) is 43.5 Å². The molecule has 0 unspecified atom stereocenters. The third-order valence-electron chi connectivity index (χ3n) is 2.77. The first-order valence-electron chi connectivity index (χ1n) is 6.26. The zero-order valence-electron chi connectivity index (χ0n) is 11.3. The molecule has 1 amide bonds. The molecule has 5 nitrogen and oxygen atoms in total. The summed E-state index contributed by atoms with van der Waals surface area (Å²) in [5.41, 5.74) is 4.66. The normalized spacial score (nSPS) is 16.4. The fourth-order valence-corrected chi connectivity index (χ4v) is 1.83. The maximum atomic E-state index is 11.9. The predicted octanol–water partition coefficient (Wildman–Crippen LogP) is 2.63. The van der Waals surface area contributed by atoms with Gasteiger partial charge in [0.05, 0.1) is 11.4 Å². The first kappa shape index (κ1) is 14.3. The monoisotopic (exact) mass is 281 g/mol. The first-order valence-corrected chi connectivity index (χ1v) is 6.26. The molecule has 0 saturated carbocycles. The van der Waals surface area contributed by atoms with Crippen LogP contribution in [0.5, 0.6) is 0 Å². The number of allylic oxidation sites excluding steroid dienone is 4. The number of aliphatic hydroxyl groups excluding tert-OH is 1. The molecule has 1 aliphatic heterocycles. The van der Waals surface area contributed by atoms with Gasteiger partial charge < -0.3 is 10.4 Å². The molecule has 0 bridgehead atoms. The maximum absolute atomic E-state index is 11.9. The van der Waals surface area contributed by atoms with E-state index in [2.05, 4.69) is 29.0 Å². The molecule has 3 N–H and O–H groups in total. The highest BCUT2D eigenvalue weighted by Crippen LogP contribution is 2.22. The third kappa shape index (κ3) is 3.09. The average molecular weight is 281 g/mol. The van der Waals surface area contributed by atoms with Gasteiger partial charge in [-0.25, -0.2) is 0 Å². The molecule has 5 heteroatoms. The minimum absolute atomic E-state index is 0.0547. The molecule has 0 aliphatic carbocycles. The van der Waals surface area contributed by atoms with Crippen LogP contribution < -0.4 is 10.7 Å². The van der Waals surface area contributed by atoms with Crippen molar-refractivity contribution in [2.24, 2.45) is 5.10 Å². The molecule has 0 saturated heterocycles. The molecule has 21 heavy (non-hydrogen) atoms. The van der Waals surface area contributed by atoms with Crippen LogP contribution in [0.2, 0.25) is 0 Å². The van der Waals surface area contributed by atoms with E-state index in [1.54, 1.807) is 12.1 Å². The largest absolute Gasteiger partial charge is 0.506 e. The van der Waals surface area contributed by atoms with E-state index in [1.165, 1.54) is 24.3 Å². The van der Waals surface area contributed by atoms with Crippen molar-refractivity contribution in [3.63, 3.8) is 0 Å². The summed E-state index contributed by atoms with van der Waals surface area (Å²) < 4.78 is 0. The van der Waals surface area contributed by atoms with Crippen LogP contribution in [0.4, 0.5) is 5.69 Å². The number of hydrogen-bond donors (Lipinski definition) is 3. The Morgan fingerprint density at radius 3 is 2.67 bits per heavy atom. The van der Waals surface area contributed by atoms with Crippen molar-refractivity contribution in [1.82, 2.24) is 5.43 Å². The van der Waals surface area contributed by atoms with Crippen LogP contribution in [0, 0.1) is 0 Å². The van der Waals surface area contributed by atoms with Gasteiger partial charge in [0, 0.05) is 5.56 Å². The Balaban J connectivity index is 2.30. The molecule has 0 atom stereocenters. The Hall–Kier alpha value is -3.08. The molecule has 106 valence electrons. The number of amides is 1. The summed E-state index contributed by atoms with van der Waals surface area (Å²) in [6.45, 7) is 7.07. The van der Waals surface area contributed by atoms with Crippen LogP contribution in [0.1, 0.15) is 5.56 Å². The first-order chi connectivity index (χ1) is 10.2. The van der Waals surface area contributed by atoms with E-state index in [4.69, 9.17) is 0 Å². The van der Waals surface area contributed by atoms with Crippen LogP contribution in [0.15, 0.2) is 78.3 Å². The molecule has 1 aliphatic rings. The van der Waals surface area contributed by atoms with Gasteiger partial charge in [0.15, 0.2) is 5.71 Å². The van der Waals surface area contributed by atoms with Crippen LogP contribution in [0.25, 0.3) is 0 Å². The second kappa shape index (κ2) is 6.38. The smallest absolute Gasteiger partial charge is 0.276 e. The van der Waals surface area contributed by atoms with Gasteiger partial charge in [-0.15, -0.1) is 0 Å². The van der Waals surface area contributed by atoms with E-state index >= 15 is 0 Å². The second-order valence-corrected chi connectivity index (χ2v) is 4.18. The van der Waals surface area contributed by atoms with Crippen molar-refractivity contribution in [3.8, 4) is 0 Å². The summed E-state index contributed by atoms with van der Waals surface area (Å²) in [7, 11) is 0. The van der Waals surface area contributed by atoms with Gasteiger partial charge in [-0.05, 0) is 18.2 Å². The minimum atomic E-state index is -0.297. The molecule has 2 rings (SSSR count). The quantitative estimate of drug-likeness (QED) is 0.441. The van der Waals surface area contributed by atoms with Crippen molar-refractivity contribution in [3.05, 3.63) is 78.7 Å². The lowest BCUT2D eigenvalue weighted by Gasteiger charge is -2.05. The van der Waals surface area contributed by atoms with Crippen molar-refractivity contribution < 1.29 is 9.90 Å². The van der Waals surface area contributed by atoms with Gasteiger partial charge in [0.2, 0.25) is 0 Å². The van der Waals surface area contributed by atoms with Gasteiger partial charge in [0.25, 0.3) is 5.91 Å². The SMILES string of the molecule is C=C/C=C(O)\C(=C/C=C)N/N=C1\C(=O)Nc2ccccc21. The number of rotatable bonds is 5. The molecule has 0 fully saturated rings. The van der Waals surface area contributed by atoms with Crippen molar-refractivity contribution >= 4 is 17.3 Å². The fourth-order valence-electron chi connectivity index (χ4n) is 1.83. The lowest BCUT2D eigenvalue weighted by Crippen LogP contribution is -2.19. The number of nitrogens with one attached hydrogen (secondary N) is 2. The summed E-state index contributed by atoms with van der Waals surface area (Å²) in [5, 5.41) is 16.6. The number of para-hydroxylation sites is 1. The predicted molar refractivity (Wildman–Crippen MR) is 83.9 cm³/mol. The molecule has 1 aromatic carbocycles. The molecule has 1 aromatic rings. The highest BCUT2D eigenvalue weighted by molar-refractivity contribution is 6.53. The van der Waals surface area contributed by atoms with E-state index in [-0.39, 0.29) is 17.4 Å². The third-order valence-corrected chi connectivity index (χ3v) is 2.77. The van der Waals surface area contributed by atoms with Crippen molar-refractivity contribution in [2.75, 3.05) is 5.32 Å². The number of carbonyl (C=O) groups excluding carboxylic acids is 1. The van der Waals surface area contributed by atoms with Crippen LogP contribution in [0.3, 0.4) is 0 Å².